The van der Waals surface area contributed by atoms with Crippen LogP contribution >= 0.6 is 0 Å². The van der Waals surface area contributed by atoms with Gasteiger partial charge in [-0.15, -0.1) is 0 Å². The van der Waals surface area contributed by atoms with Crippen LogP contribution in [0.1, 0.15) is 23.7 Å². The van der Waals surface area contributed by atoms with Crippen LogP contribution in [0, 0.1) is 0 Å². The summed E-state index contributed by atoms with van der Waals surface area (Å²) in [5, 5.41) is 0. The van der Waals surface area contributed by atoms with Gasteiger partial charge < -0.3 is 9.64 Å². The van der Waals surface area contributed by atoms with E-state index >= 15 is 0 Å². The van der Waals surface area contributed by atoms with E-state index in [4.69, 9.17) is 4.74 Å². The monoisotopic (exact) mass is 388 g/mol. The maximum absolute atomic E-state index is 12.6. The molecule has 1 amide bonds. The van der Waals surface area contributed by atoms with Crippen LogP contribution in [0.4, 0.5) is 5.69 Å². The predicted molar refractivity (Wildman–Crippen MR) is 101 cm³/mol. The minimum absolute atomic E-state index is 0.0582. The van der Waals surface area contributed by atoms with E-state index in [0.29, 0.717) is 17.0 Å². The zero-order valence-electron chi connectivity index (χ0n) is 15.0. The van der Waals surface area contributed by atoms with Gasteiger partial charge in [0.15, 0.2) is 5.78 Å². The molecule has 2 aromatic carbocycles. The summed E-state index contributed by atoms with van der Waals surface area (Å²) in [6.07, 6.45) is 0.0801. The average molecular weight is 388 g/mol. The molecule has 0 unspecified atom stereocenters. The molecule has 0 bridgehead atoms. The van der Waals surface area contributed by atoms with Gasteiger partial charge in [-0.3, -0.25) is 9.59 Å². The van der Waals surface area contributed by atoms with E-state index in [0.717, 1.165) is 0 Å². The van der Waals surface area contributed by atoms with Gasteiger partial charge in [0.1, 0.15) is 5.75 Å². The van der Waals surface area contributed by atoms with Gasteiger partial charge in [-0.1, -0.05) is 12.1 Å². The smallest absolute Gasteiger partial charge is 0.240 e. The van der Waals surface area contributed by atoms with Crippen molar-refractivity contribution in [2.24, 2.45) is 0 Å². The summed E-state index contributed by atoms with van der Waals surface area (Å²) in [6.45, 7) is 1.66. The lowest BCUT2D eigenvalue weighted by atomic mass is 10.2. The molecule has 1 N–H and O–H groups in total. The van der Waals surface area contributed by atoms with Crippen LogP contribution in [0.3, 0.4) is 0 Å². The van der Waals surface area contributed by atoms with Gasteiger partial charge in [0.05, 0.1) is 12.0 Å². The Morgan fingerprint density at radius 2 is 1.74 bits per heavy atom. The first kappa shape index (κ1) is 19.1. The maximum atomic E-state index is 12.6. The number of rotatable bonds is 6. The van der Waals surface area contributed by atoms with Crippen molar-refractivity contribution in [2.75, 3.05) is 18.6 Å². The largest absolute Gasteiger partial charge is 0.497 e. The summed E-state index contributed by atoms with van der Waals surface area (Å²) in [5.41, 5.74) is 1.13. The zero-order valence-corrected chi connectivity index (χ0v) is 15.8. The quantitative estimate of drug-likeness (QED) is 0.764. The van der Waals surface area contributed by atoms with E-state index in [1.807, 2.05) is 0 Å². The van der Waals surface area contributed by atoms with E-state index < -0.39 is 16.1 Å². The summed E-state index contributed by atoms with van der Waals surface area (Å²) in [6, 6.07) is 12.2. The van der Waals surface area contributed by atoms with Crippen molar-refractivity contribution in [1.82, 2.24) is 4.72 Å². The number of amides is 1. The second-order valence-electron chi connectivity index (χ2n) is 6.31. The van der Waals surface area contributed by atoms with E-state index in [1.54, 1.807) is 36.3 Å². The number of carbonyl (C=O) groups is 2. The highest BCUT2D eigenvalue weighted by atomic mass is 32.2. The number of nitrogens with one attached hydrogen (secondary N) is 1. The number of hydrogen-bond acceptors (Lipinski definition) is 5. The fourth-order valence-corrected chi connectivity index (χ4v) is 4.18. The van der Waals surface area contributed by atoms with Gasteiger partial charge in [0.25, 0.3) is 0 Å². The van der Waals surface area contributed by atoms with Crippen LogP contribution in [0.2, 0.25) is 0 Å². The number of hydrogen-bond donors (Lipinski definition) is 1. The Balaban J connectivity index is 1.72. The number of ether oxygens (including phenoxy) is 1. The number of anilines is 1. The molecule has 27 heavy (non-hydrogen) atoms. The lowest BCUT2D eigenvalue weighted by molar-refractivity contribution is -0.117. The van der Waals surface area contributed by atoms with Crippen LogP contribution in [0.5, 0.6) is 5.75 Å². The van der Waals surface area contributed by atoms with E-state index in [-0.39, 0.29) is 29.6 Å². The van der Waals surface area contributed by atoms with Crippen molar-refractivity contribution >= 4 is 27.4 Å². The Bertz CT molecular complexity index is 953. The van der Waals surface area contributed by atoms with Crippen molar-refractivity contribution in [3.05, 3.63) is 54.1 Å². The SMILES string of the molecule is COc1ccc(N2C[C@H](NS(=O)(=O)c3ccc(C(C)=O)cc3)CC2=O)cc1. The van der Waals surface area contributed by atoms with Crippen LogP contribution in [0.15, 0.2) is 53.4 Å². The van der Waals surface area contributed by atoms with Crippen molar-refractivity contribution in [2.45, 2.75) is 24.3 Å². The first-order chi connectivity index (χ1) is 12.8. The third-order valence-electron chi connectivity index (χ3n) is 4.40. The number of sulfonamides is 1. The highest BCUT2D eigenvalue weighted by molar-refractivity contribution is 7.89. The van der Waals surface area contributed by atoms with Gasteiger partial charge in [-0.2, -0.15) is 0 Å². The summed E-state index contributed by atoms with van der Waals surface area (Å²) in [5.74, 6) is 0.389. The summed E-state index contributed by atoms with van der Waals surface area (Å²) >= 11 is 0. The molecule has 1 aliphatic rings. The van der Waals surface area contributed by atoms with Gasteiger partial charge >= 0.3 is 0 Å². The molecule has 0 aromatic heterocycles. The minimum Gasteiger partial charge on any atom is -0.497 e. The minimum atomic E-state index is -3.79. The van der Waals surface area contributed by atoms with Gasteiger partial charge in [0, 0.05) is 30.3 Å². The third-order valence-corrected chi connectivity index (χ3v) is 5.94. The van der Waals surface area contributed by atoms with Crippen molar-refractivity contribution in [1.29, 1.82) is 0 Å². The van der Waals surface area contributed by atoms with Crippen LogP contribution in [0.25, 0.3) is 0 Å². The molecule has 1 fully saturated rings. The summed E-state index contributed by atoms with van der Waals surface area (Å²) < 4.78 is 32.8. The van der Waals surface area contributed by atoms with E-state index in [2.05, 4.69) is 4.72 Å². The lowest BCUT2D eigenvalue weighted by Gasteiger charge is -2.17. The van der Waals surface area contributed by atoms with Crippen LogP contribution in [-0.4, -0.2) is 39.8 Å². The molecule has 0 radical (unpaired) electrons. The molecule has 7 nitrogen and oxygen atoms in total. The fourth-order valence-electron chi connectivity index (χ4n) is 2.95. The van der Waals surface area contributed by atoms with Gasteiger partial charge in [0.2, 0.25) is 15.9 Å². The Morgan fingerprint density at radius 1 is 1.11 bits per heavy atom. The topological polar surface area (TPSA) is 92.8 Å². The van der Waals surface area contributed by atoms with E-state index in [9.17, 15) is 18.0 Å². The van der Waals surface area contributed by atoms with Gasteiger partial charge in [-0.05, 0) is 43.3 Å². The number of methoxy groups -OCH3 is 1. The summed E-state index contributed by atoms with van der Waals surface area (Å²) in [4.78, 5) is 25.2. The second kappa shape index (κ2) is 7.50. The van der Waals surface area contributed by atoms with Crippen LogP contribution < -0.4 is 14.4 Å². The molecule has 0 aliphatic carbocycles. The maximum Gasteiger partial charge on any atom is 0.240 e. The lowest BCUT2D eigenvalue weighted by Crippen LogP contribution is -2.37. The van der Waals surface area contributed by atoms with Crippen molar-refractivity contribution < 1.29 is 22.7 Å². The highest BCUT2D eigenvalue weighted by Crippen LogP contribution is 2.25. The van der Waals surface area contributed by atoms with Crippen LogP contribution in [-0.2, 0) is 14.8 Å². The predicted octanol–water partition coefficient (Wildman–Crippen LogP) is 1.98. The fraction of sp³-hybridized carbons (Fsp3) is 0.263. The normalized spacial score (nSPS) is 17.2. The average Bonchev–Trinajstić information content (AvgIpc) is 3.01. The molecule has 1 aliphatic heterocycles. The van der Waals surface area contributed by atoms with Crippen molar-refractivity contribution in [3.63, 3.8) is 0 Å². The Hall–Kier alpha value is -2.71. The van der Waals surface area contributed by atoms with Crippen molar-refractivity contribution in [3.8, 4) is 5.75 Å². The standard InChI is InChI=1S/C19H20N2O5S/c1-13(22)14-3-9-18(10-4-14)27(24,25)20-15-11-19(23)21(12-15)16-5-7-17(26-2)8-6-16/h3-10,15,20H,11-12H2,1-2H3/t15-/m1/s1. The Labute approximate surface area is 158 Å². The number of benzene rings is 2. The number of nitrogens with zero attached hydrogens (tertiary/aromatic N) is 1. The Morgan fingerprint density at radius 3 is 2.30 bits per heavy atom. The first-order valence-electron chi connectivity index (χ1n) is 8.38. The Kier molecular flexibility index (Phi) is 5.29. The van der Waals surface area contributed by atoms with Gasteiger partial charge in [-0.25, -0.2) is 13.1 Å². The third kappa shape index (κ3) is 4.17. The summed E-state index contributed by atoms with van der Waals surface area (Å²) in [7, 11) is -2.23. The molecular weight excluding hydrogens is 368 g/mol. The number of carbonyl (C=O) groups excluding carboxylic acids is 2. The molecule has 0 spiro atoms. The molecule has 2 aromatic rings. The molecule has 1 saturated heterocycles. The first-order valence-corrected chi connectivity index (χ1v) is 9.86. The number of Topliss-reactive ketones (excluding diaryl/α,β-unsaturated/α-hetero) is 1. The molecular formula is C19H20N2O5S. The second-order valence-corrected chi connectivity index (χ2v) is 8.02. The molecule has 3 rings (SSSR count). The molecule has 0 saturated carbocycles. The molecule has 142 valence electrons. The van der Waals surface area contributed by atoms with E-state index in [1.165, 1.54) is 31.2 Å². The zero-order chi connectivity index (χ0) is 19.6. The molecule has 8 heteroatoms. The highest BCUT2D eigenvalue weighted by Gasteiger charge is 2.33. The number of ketones is 1. The molecule has 1 heterocycles. The molecule has 1 atom stereocenters.